The number of hydrogen-bond acceptors (Lipinski definition) is 2. The molecule has 1 rings (SSSR count). The Bertz CT molecular complexity index is 288. The first-order valence-electron chi connectivity index (χ1n) is 3.63. The molecule has 0 aliphatic rings. The molecule has 1 aromatic heterocycles. The third kappa shape index (κ3) is 2.04. The van der Waals surface area contributed by atoms with Crippen molar-refractivity contribution in [3.8, 4) is 0 Å². The van der Waals surface area contributed by atoms with Crippen LogP contribution in [0, 0.1) is 0 Å². The largest absolute Gasteiger partial charge is 0.352 e. The van der Waals surface area contributed by atoms with Gasteiger partial charge in [0.2, 0.25) is 0 Å². The van der Waals surface area contributed by atoms with Crippen molar-refractivity contribution in [3.05, 3.63) is 28.5 Å². The van der Waals surface area contributed by atoms with Crippen LogP contribution in [0.1, 0.15) is 17.3 Å². The van der Waals surface area contributed by atoms with Crippen molar-refractivity contribution in [2.24, 2.45) is 0 Å². The van der Waals surface area contributed by atoms with Crippen molar-refractivity contribution < 1.29 is 4.79 Å². The van der Waals surface area contributed by atoms with Crippen LogP contribution in [-0.4, -0.2) is 17.4 Å². The molecule has 1 aromatic rings. The zero-order valence-electron chi connectivity index (χ0n) is 6.67. The lowest BCUT2D eigenvalue weighted by molar-refractivity contribution is 0.0955. The molecule has 0 saturated heterocycles. The van der Waals surface area contributed by atoms with E-state index in [0.717, 1.165) is 4.47 Å². The predicted octanol–water partition coefficient (Wildman–Crippen LogP) is 1.59. The molecule has 0 bridgehead atoms. The van der Waals surface area contributed by atoms with E-state index in [9.17, 15) is 4.79 Å². The van der Waals surface area contributed by atoms with Crippen molar-refractivity contribution >= 4 is 21.8 Å². The molecule has 0 aromatic carbocycles. The summed E-state index contributed by atoms with van der Waals surface area (Å²) in [4.78, 5) is 15.2. The maximum atomic E-state index is 11.3. The Morgan fingerprint density at radius 1 is 1.75 bits per heavy atom. The molecule has 64 valence electrons. The highest BCUT2D eigenvalue weighted by atomic mass is 79.9. The molecule has 0 unspecified atom stereocenters. The molecule has 0 aliphatic carbocycles. The van der Waals surface area contributed by atoms with Crippen LogP contribution in [0.15, 0.2) is 22.9 Å². The molecule has 3 nitrogen and oxygen atoms in total. The molecular formula is C8H9BrN2O. The molecule has 0 spiro atoms. The zero-order valence-corrected chi connectivity index (χ0v) is 8.26. The molecule has 4 heteroatoms. The SMILES string of the molecule is CCNC(=O)c1ccncc1Br. The van der Waals surface area contributed by atoms with Gasteiger partial charge in [-0.2, -0.15) is 0 Å². The highest BCUT2D eigenvalue weighted by Gasteiger charge is 2.06. The number of rotatable bonds is 2. The van der Waals surface area contributed by atoms with Crippen LogP contribution >= 0.6 is 15.9 Å². The van der Waals surface area contributed by atoms with Crippen LogP contribution < -0.4 is 5.32 Å². The van der Waals surface area contributed by atoms with Crippen LogP contribution in [0.4, 0.5) is 0 Å². The van der Waals surface area contributed by atoms with Gasteiger partial charge < -0.3 is 5.32 Å². The van der Waals surface area contributed by atoms with E-state index in [2.05, 4.69) is 26.2 Å². The van der Waals surface area contributed by atoms with Crippen LogP contribution in [0.2, 0.25) is 0 Å². The van der Waals surface area contributed by atoms with Gasteiger partial charge in [-0.25, -0.2) is 0 Å². The second kappa shape index (κ2) is 4.21. The molecule has 0 fully saturated rings. The van der Waals surface area contributed by atoms with Crippen LogP contribution in [0.5, 0.6) is 0 Å². The molecule has 0 radical (unpaired) electrons. The van der Waals surface area contributed by atoms with E-state index >= 15 is 0 Å². The molecule has 12 heavy (non-hydrogen) atoms. The number of pyridine rings is 1. The molecule has 0 saturated carbocycles. The van der Waals surface area contributed by atoms with Gasteiger partial charge in [0, 0.05) is 23.4 Å². The number of nitrogens with one attached hydrogen (secondary N) is 1. The topological polar surface area (TPSA) is 42.0 Å². The summed E-state index contributed by atoms with van der Waals surface area (Å²) in [6.07, 6.45) is 3.19. The third-order valence-electron chi connectivity index (χ3n) is 1.35. The van der Waals surface area contributed by atoms with E-state index in [1.807, 2.05) is 6.92 Å². The van der Waals surface area contributed by atoms with Gasteiger partial charge in [-0.05, 0) is 28.9 Å². The molecule has 1 heterocycles. The van der Waals surface area contributed by atoms with Gasteiger partial charge in [0.25, 0.3) is 5.91 Å². The number of carbonyl (C=O) groups is 1. The molecule has 1 N–H and O–H groups in total. The molecule has 0 aliphatic heterocycles. The van der Waals surface area contributed by atoms with E-state index in [1.54, 1.807) is 18.5 Å². The van der Waals surface area contributed by atoms with Crippen molar-refractivity contribution in [3.63, 3.8) is 0 Å². The average molecular weight is 229 g/mol. The Balaban J connectivity index is 2.87. The Morgan fingerprint density at radius 3 is 3.08 bits per heavy atom. The lowest BCUT2D eigenvalue weighted by atomic mass is 10.2. The minimum Gasteiger partial charge on any atom is -0.352 e. The van der Waals surface area contributed by atoms with E-state index < -0.39 is 0 Å². The second-order valence-corrected chi connectivity index (χ2v) is 3.07. The minimum absolute atomic E-state index is 0.0771. The summed E-state index contributed by atoms with van der Waals surface area (Å²) >= 11 is 3.24. The summed E-state index contributed by atoms with van der Waals surface area (Å²) in [5.41, 5.74) is 0.617. The predicted molar refractivity (Wildman–Crippen MR) is 49.9 cm³/mol. The van der Waals surface area contributed by atoms with Gasteiger partial charge in [-0.15, -0.1) is 0 Å². The Hall–Kier alpha value is -0.900. The van der Waals surface area contributed by atoms with E-state index in [1.165, 1.54) is 0 Å². The van der Waals surface area contributed by atoms with Crippen molar-refractivity contribution in [2.45, 2.75) is 6.92 Å². The normalized spacial score (nSPS) is 9.50. The number of aromatic nitrogens is 1. The summed E-state index contributed by atoms with van der Waals surface area (Å²) in [5, 5.41) is 2.71. The van der Waals surface area contributed by atoms with Crippen LogP contribution in [-0.2, 0) is 0 Å². The lowest BCUT2D eigenvalue weighted by Gasteiger charge is -2.02. The lowest BCUT2D eigenvalue weighted by Crippen LogP contribution is -2.22. The Labute approximate surface area is 79.3 Å². The smallest absolute Gasteiger partial charge is 0.252 e. The number of halogens is 1. The highest BCUT2D eigenvalue weighted by molar-refractivity contribution is 9.10. The quantitative estimate of drug-likeness (QED) is 0.836. The van der Waals surface area contributed by atoms with Crippen LogP contribution in [0.25, 0.3) is 0 Å². The summed E-state index contributed by atoms with van der Waals surface area (Å²) in [6.45, 7) is 2.51. The minimum atomic E-state index is -0.0771. The first-order chi connectivity index (χ1) is 5.75. The molecule has 1 amide bonds. The van der Waals surface area contributed by atoms with Gasteiger partial charge in [0.1, 0.15) is 0 Å². The number of nitrogens with zero attached hydrogens (tertiary/aromatic N) is 1. The van der Waals surface area contributed by atoms with Gasteiger partial charge in [-0.1, -0.05) is 0 Å². The van der Waals surface area contributed by atoms with Gasteiger partial charge in [0.05, 0.1) is 5.56 Å². The highest BCUT2D eigenvalue weighted by Crippen LogP contribution is 2.13. The summed E-state index contributed by atoms with van der Waals surface area (Å²) in [5.74, 6) is -0.0771. The van der Waals surface area contributed by atoms with E-state index in [-0.39, 0.29) is 5.91 Å². The Kier molecular flexibility index (Phi) is 3.22. The average Bonchev–Trinajstić information content (AvgIpc) is 2.05. The molecule has 0 atom stereocenters. The van der Waals surface area contributed by atoms with Gasteiger partial charge in [0.15, 0.2) is 0 Å². The van der Waals surface area contributed by atoms with Crippen molar-refractivity contribution in [1.29, 1.82) is 0 Å². The first-order valence-corrected chi connectivity index (χ1v) is 4.42. The van der Waals surface area contributed by atoms with Crippen molar-refractivity contribution in [1.82, 2.24) is 10.3 Å². The fourth-order valence-corrected chi connectivity index (χ4v) is 1.25. The number of amides is 1. The zero-order chi connectivity index (χ0) is 8.97. The summed E-state index contributed by atoms with van der Waals surface area (Å²) in [7, 11) is 0. The van der Waals surface area contributed by atoms with E-state index in [0.29, 0.717) is 12.1 Å². The van der Waals surface area contributed by atoms with Crippen molar-refractivity contribution in [2.75, 3.05) is 6.54 Å². The van der Waals surface area contributed by atoms with Gasteiger partial charge >= 0.3 is 0 Å². The fraction of sp³-hybridized carbons (Fsp3) is 0.250. The maximum absolute atomic E-state index is 11.3. The first kappa shape index (κ1) is 9.19. The van der Waals surface area contributed by atoms with E-state index in [4.69, 9.17) is 0 Å². The summed E-state index contributed by atoms with van der Waals surface area (Å²) in [6, 6.07) is 1.68. The molecular weight excluding hydrogens is 220 g/mol. The van der Waals surface area contributed by atoms with Crippen LogP contribution in [0.3, 0.4) is 0 Å². The maximum Gasteiger partial charge on any atom is 0.252 e. The second-order valence-electron chi connectivity index (χ2n) is 2.21. The van der Waals surface area contributed by atoms with Gasteiger partial charge in [-0.3, -0.25) is 9.78 Å². The number of hydrogen-bond donors (Lipinski definition) is 1. The third-order valence-corrected chi connectivity index (χ3v) is 1.99. The number of carbonyl (C=O) groups excluding carboxylic acids is 1. The standard InChI is InChI=1S/C8H9BrN2O/c1-2-11-8(12)6-3-4-10-5-7(6)9/h3-5H,2H2,1H3,(H,11,12). The monoisotopic (exact) mass is 228 g/mol. The Morgan fingerprint density at radius 2 is 2.50 bits per heavy atom. The summed E-state index contributed by atoms with van der Waals surface area (Å²) < 4.78 is 0.718. The fourth-order valence-electron chi connectivity index (χ4n) is 0.815.